The van der Waals surface area contributed by atoms with Crippen molar-refractivity contribution in [1.82, 2.24) is 9.55 Å². The largest absolute Gasteiger partial charge is 0.449 e. The summed E-state index contributed by atoms with van der Waals surface area (Å²) in [5.74, 6) is -3.93. The molecule has 126 valence electrons. The van der Waals surface area contributed by atoms with Gasteiger partial charge in [0.05, 0.1) is 18.0 Å². The zero-order valence-electron chi connectivity index (χ0n) is 13.0. The fourth-order valence-electron chi connectivity index (χ4n) is 2.08. The maximum atomic E-state index is 13.8. The molecule has 0 saturated heterocycles. The maximum absolute atomic E-state index is 13.8. The standard InChI is InChI=1S/C16H14ClF2N3O2/c1-3-4-22-9-21-14(16(2,18)19)13(15(22)23)24-12-6-10(8-20)5-11(17)7-12/h5-7,9H,3-4H2,1-2H3. The van der Waals surface area contributed by atoms with E-state index < -0.39 is 22.9 Å². The monoisotopic (exact) mass is 353 g/mol. The van der Waals surface area contributed by atoms with E-state index in [2.05, 4.69) is 4.98 Å². The molecule has 0 bridgehead atoms. The smallest absolute Gasteiger partial charge is 0.296 e. The van der Waals surface area contributed by atoms with Crippen LogP contribution in [-0.4, -0.2) is 9.55 Å². The van der Waals surface area contributed by atoms with E-state index in [0.717, 1.165) is 6.33 Å². The number of rotatable bonds is 5. The number of benzene rings is 1. The van der Waals surface area contributed by atoms with Crippen molar-refractivity contribution >= 4 is 11.6 Å². The summed E-state index contributed by atoms with van der Waals surface area (Å²) in [5.41, 5.74) is -1.31. The van der Waals surface area contributed by atoms with Crippen molar-refractivity contribution in [3.63, 3.8) is 0 Å². The average Bonchev–Trinajstić information content (AvgIpc) is 2.49. The lowest BCUT2D eigenvalue weighted by molar-refractivity contribution is 0.0101. The van der Waals surface area contributed by atoms with Crippen molar-refractivity contribution in [2.75, 3.05) is 0 Å². The van der Waals surface area contributed by atoms with E-state index in [1.807, 2.05) is 13.0 Å². The molecule has 0 aliphatic carbocycles. The molecule has 2 rings (SSSR count). The Morgan fingerprint density at radius 2 is 2.12 bits per heavy atom. The number of aromatic nitrogens is 2. The van der Waals surface area contributed by atoms with Gasteiger partial charge in [0.25, 0.3) is 11.5 Å². The van der Waals surface area contributed by atoms with Gasteiger partial charge in [-0.1, -0.05) is 18.5 Å². The Balaban J connectivity index is 2.59. The SMILES string of the molecule is CCCn1cnc(C(C)(F)F)c(Oc2cc(Cl)cc(C#N)c2)c1=O. The minimum absolute atomic E-state index is 0.0118. The molecule has 0 saturated carbocycles. The van der Waals surface area contributed by atoms with Crippen LogP contribution < -0.4 is 10.3 Å². The number of aryl methyl sites for hydroxylation is 1. The van der Waals surface area contributed by atoms with Gasteiger partial charge in [-0.25, -0.2) is 4.98 Å². The number of nitriles is 1. The Morgan fingerprint density at radius 3 is 2.71 bits per heavy atom. The van der Waals surface area contributed by atoms with Crippen molar-refractivity contribution < 1.29 is 13.5 Å². The van der Waals surface area contributed by atoms with Crippen LogP contribution in [0.5, 0.6) is 11.5 Å². The Bertz CT molecular complexity index is 854. The second kappa shape index (κ2) is 6.97. The van der Waals surface area contributed by atoms with Gasteiger partial charge in [0.2, 0.25) is 5.75 Å². The van der Waals surface area contributed by atoms with Crippen molar-refractivity contribution in [2.45, 2.75) is 32.7 Å². The van der Waals surface area contributed by atoms with Crippen molar-refractivity contribution in [3.05, 3.63) is 51.2 Å². The molecule has 0 spiro atoms. The molecular formula is C16H14ClF2N3O2. The second-order valence-electron chi connectivity index (χ2n) is 5.20. The molecule has 2 aromatic rings. The van der Waals surface area contributed by atoms with Gasteiger partial charge in [0.1, 0.15) is 5.75 Å². The first-order chi connectivity index (χ1) is 11.3. The summed E-state index contributed by atoms with van der Waals surface area (Å²) >= 11 is 5.87. The Hall–Kier alpha value is -2.46. The van der Waals surface area contributed by atoms with Crippen LogP contribution in [0.4, 0.5) is 8.78 Å². The van der Waals surface area contributed by atoms with Crippen LogP contribution in [-0.2, 0) is 12.5 Å². The lowest BCUT2D eigenvalue weighted by Gasteiger charge is -2.16. The van der Waals surface area contributed by atoms with Crippen LogP contribution in [0.3, 0.4) is 0 Å². The zero-order chi connectivity index (χ0) is 17.9. The molecule has 0 aliphatic heterocycles. The summed E-state index contributed by atoms with van der Waals surface area (Å²) in [5, 5.41) is 9.13. The van der Waals surface area contributed by atoms with E-state index in [1.54, 1.807) is 0 Å². The first kappa shape index (κ1) is 17.9. The predicted molar refractivity (Wildman–Crippen MR) is 84.6 cm³/mol. The molecule has 5 nitrogen and oxygen atoms in total. The lowest BCUT2D eigenvalue weighted by Crippen LogP contribution is -2.26. The van der Waals surface area contributed by atoms with Gasteiger partial charge in [0, 0.05) is 18.5 Å². The second-order valence-corrected chi connectivity index (χ2v) is 5.64. The number of hydrogen-bond acceptors (Lipinski definition) is 4. The molecule has 24 heavy (non-hydrogen) atoms. The van der Waals surface area contributed by atoms with E-state index in [-0.39, 0.29) is 16.3 Å². The van der Waals surface area contributed by atoms with Crippen molar-refractivity contribution in [2.24, 2.45) is 0 Å². The van der Waals surface area contributed by atoms with Gasteiger partial charge in [-0.3, -0.25) is 9.36 Å². The van der Waals surface area contributed by atoms with Gasteiger partial charge in [0.15, 0.2) is 5.69 Å². The van der Waals surface area contributed by atoms with Crippen molar-refractivity contribution in [1.29, 1.82) is 5.26 Å². The van der Waals surface area contributed by atoms with Crippen LogP contribution in [0.1, 0.15) is 31.5 Å². The fraction of sp³-hybridized carbons (Fsp3) is 0.312. The molecule has 0 amide bonds. The predicted octanol–water partition coefficient (Wildman–Crippen LogP) is 4.08. The third kappa shape index (κ3) is 3.89. The van der Waals surface area contributed by atoms with Gasteiger partial charge >= 0.3 is 0 Å². The summed E-state index contributed by atoms with van der Waals surface area (Å²) in [4.78, 5) is 16.1. The van der Waals surface area contributed by atoms with Gasteiger partial charge in [-0.2, -0.15) is 14.0 Å². The molecule has 1 aromatic carbocycles. The Labute approximate surface area is 142 Å². The maximum Gasteiger partial charge on any atom is 0.296 e. The number of alkyl halides is 2. The van der Waals surface area contributed by atoms with Gasteiger partial charge in [-0.15, -0.1) is 0 Å². The Morgan fingerprint density at radius 1 is 1.42 bits per heavy atom. The summed E-state index contributed by atoms with van der Waals surface area (Å²) in [6.45, 7) is 2.78. The van der Waals surface area contributed by atoms with E-state index in [9.17, 15) is 13.6 Å². The summed E-state index contributed by atoms with van der Waals surface area (Å²) in [6.07, 6.45) is 1.70. The van der Waals surface area contributed by atoms with Gasteiger partial charge < -0.3 is 4.74 Å². The van der Waals surface area contributed by atoms with E-state index in [1.165, 1.54) is 22.8 Å². The summed E-state index contributed by atoms with van der Waals surface area (Å²) < 4.78 is 34.1. The number of hydrogen-bond donors (Lipinski definition) is 0. The number of nitrogens with zero attached hydrogens (tertiary/aromatic N) is 3. The highest BCUT2D eigenvalue weighted by Crippen LogP contribution is 2.33. The average molecular weight is 354 g/mol. The van der Waals surface area contributed by atoms with Crippen molar-refractivity contribution in [3.8, 4) is 17.6 Å². The fourth-order valence-corrected chi connectivity index (χ4v) is 2.30. The molecule has 0 atom stereocenters. The molecule has 0 radical (unpaired) electrons. The third-order valence-electron chi connectivity index (χ3n) is 3.10. The van der Waals surface area contributed by atoms with E-state index >= 15 is 0 Å². The first-order valence-electron chi connectivity index (χ1n) is 7.12. The highest BCUT2D eigenvalue weighted by molar-refractivity contribution is 6.30. The molecule has 8 heteroatoms. The highest BCUT2D eigenvalue weighted by Gasteiger charge is 2.33. The molecular weight excluding hydrogens is 340 g/mol. The van der Waals surface area contributed by atoms with E-state index in [4.69, 9.17) is 21.6 Å². The quantitative estimate of drug-likeness (QED) is 0.812. The molecule has 0 unspecified atom stereocenters. The molecule has 0 aliphatic rings. The van der Waals surface area contributed by atoms with Gasteiger partial charge in [-0.05, 0) is 24.6 Å². The molecule has 1 heterocycles. The number of halogens is 3. The normalized spacial score (nSPS) is 11.2. The third-order valence-corrected chi connectivity index (χ3v) is 3.32. The molecule has 0 fully saturated rings. The highest BCUT2D eigenvalue weighted by atomic mass is 35.5. The van der Waals surface area contributed by atoms with Crippen LogP contribution in [0.15, 0.2) is 29.3 Å². The van der Waals surface area contributed by atoms with Crippen LogP contribution >= 0.6 is 11.6 Å². The minimum Gasteiger partial charge on any atom is -0.449 e. The topological polar surface area (TPSA) is 67.9 Å². The lowest BCUT2D eigenvalue weighted by atomic mass is 10.2. The van der Waals surface area contributed by atoms with E-state index in [0.29, 0.717) is 19.9 Å². The van der Waals surface area contributed by atoms with Crippen LogP contribution in [0, 0.1) is 11.3 Å². The summed E-state index contributed by atoms with van der Waals surface area (Å²) in [7, 11) is 0. The summed E-state index contributed by atoms with van der Waals surface area (Å²) in [6, 6.07) is 5.90. The first-order valence-corrected chi connectivity index (χ1v) is 7.50. The van der Waals surface area contributed by atoms with Crippen LogP contribution in [0.2, 0.25) is 5.02 Å². The zero-order valence-corrected chi connectivity index (χ0v) is 13.8. The molecule has 1 aromatic heterocycles. The van der Waals surface area contributed by atoms with Crippen LogP contribution in [0.25, 0.3) is 0 Å². The minimum atomic E-state index is -3.36. The molecule has 0 N–H and O–H groups in total. The Kier molecular flexibility index (Phi) is 5.20. The number of ether oxygens (including phenoxy) is 1.